The molecular formula is C14H20FNO2. The molecule has 0 amide bonds. The van der Waals surface area contributed by atoms with Crippen LogP contribution < -0.4 is 10.1 Å². The zero-order valence-corrected chi connectivity index (χ0v) is 10.9. The molecule has 100 valence electrons. The highest BCUT2D eigenvalue weighted by atomic mass is 19.1. The first kappa shape index (κ1) is 13.3. The highest BCUT2D eigenvalue weighted by Gasteiger charge is 2.18. The predicted octanol–water partition coefficient (Wildman–Crippen LogP) is 2.52. The third kappa shape index (κ3) is 3.21. The van der Waals surface area contributed by atoms with Gasteiger partial charge in [0.15, 0.2) is 0 Å². The zero-order valence-electron chi connectivity index (χ0n) is 10.9. The molecule has 1 aliphatic rings. The second-order valence-electron chi connectivity index (χ2n) is 4.73. The number of hydrogen-bond acceptors (Lipinski definition) is 3. The normalized spacial score (nSPS) is 20.9. The van der Waals surface area contributed by atoms with Gasteiger partial charge < -0.3 is 14.8 Å². The Kier molecular flexibility index (Phi) is 4.55. The van der Waals surface area contributed by atoms with Crippen molar-refractivity contribution in [3.8, 4) is 5.75 Å². The van der Waals surface area contributed by atoms with Crippen molar-refractivity contribution in [1.82, 2.24) is 5.32 Å². The Morgan fingerprint density at radius 1 is 1.56 bits per heavy atom. The van der Waals surface area contributed by atoms with Crippen LogP contribution in [0.2, 0.25) is 0 Å². The second kappa shape index (κ2) is 6.16. The average molecular weight is 253 g/mol. The summed E-state index contributed by atoms with van der Waals surface area (Å²) in [6.07, 6.45) is 1.04. The van der Waals surface area contributed by atoms with Gasteiger partial charge >= 0.3 is 0 Å². The van der Waals surface area contributed by atoms with E-state index in [1.807, 2.05) is 14.0 Å². The van der Waals surface area contributed by atoms with Crippen LogP contribution >= 0.6 is 0 Å². The van der Waals surface area contributed by atoms with Gasteiger partial charge in [-0.2, -0.15) is 0 Å². The summed E-state index contributed by atoms with van der Waals surface area (Å²) in [5.74, 6) is 0.974. The number of benzene rings is 1. The molecule has 18 heavy (non-hydrogen) atoms. The fourth-order valence-corrected chi connectivity index (χ4v) is 2.07. The number of rotatable bonds is 5. The van der Waals surface area contributed by atoms with Crippen LogP contribution in [0.5, 0.6) is 5.75 Å². The Morgan fingerprint density at radius 2 is 2.39 bits per heavy atom. The topological polar surface area (TPSA) is 30.5 Å². The minimum absolute atomic E-state index is 0.0653. The minimum Gasteiger partial charge on any atom is -0.493 e. The van der Waals surface area contributed by atoms with Gasteiger partial charge in [0.2, 0.25) is 0 Å². The molecule has 2 unspecified atom stereocenters. The molecule has 1 aliphatic heterocycles. The molecular weight excluding hydrogens is 233 g/mol. The summed E-state index contributed by atoms with van der Waals surface area (Å²) < 4.78 is 24.4. The number of halogens is 1. The maximum atomic E-state index is 13.3. The lowest BCUT2D eigenvalue weighted by molar-refractivity contribution is 0.166. The molecule has 4 heteroatoms. The summed E-state index contributed by atoms with van der Waals surface area (Å²) in [7, 11) is 1.85. The van der Waals surface area contributed by atoms with Crippen molar-refractivity contribution in [2.75, 3.05) is 26.9 Å². The molecule has 1 saturated heterocycles. The summed E-state index contributed by atoms with van der Waals surface area (Å²) in [6, 6.07) is 4.73. The van der Waals surface area contributed by atoms with Crippen molar-refractivity contribution in [2.45, 2.75) is 19.4 Å². The highest BCUT2D eigenvalue weighted by molar-refractivity contribution is 5.36. The van der Waals surface area contributed by atoms with E-state index in [2.05, 4.69) is 5.32 Å². The molecule has 2 rings (SSSR count). The van der Waals surface area contributed by atoms with Crippen LogP contribution in [0.25, 0.3) is 0 Å². The first-order chi connectivity index (χ1) is 8.70. The maximum absolute atomic E-state index is 13.3. The molecule has 0 spiro atoms. The van der Waals surface area contributed by atoms with E-state index < -0.39 is 0 Å². The summed E-state index contributed by atoms with van der Waals surface area (Å²) >= 11 is 0. The van der Waals surface area contributed by atoms with Crippen LogP contribution in [0.15, 0.2) is 18.2 Å². The van der Waals surface area contributed by atoms with Gasteiger partial charge in [0.1, 0.15) is 11.6 Å². The average Bonchev–Trinajstić information content (AvgIpc) is 2.89. The van der Waals surface area contributed by atoms with Crippen molar-refractivity contribution in [2.24, 2.45) is 5.92 Å². The maximum Gasteiger partial charge on any atom is 0.124 e. The molecule has 2 atom stereocenters. The molecule has 3 nitrogen and oxygen atoms in total. The van der Waals surface area contributed by atoms with Crippen molar-refractivity contribution in [1.29, 1.82) is 0 Å². The quantitative estimate of drug-likeness (QED) is 0.874. The molecule has 0 aromatic heterocycles. The van der Waals surface area contributed by atoms with Crippen molar-refractivity contribution < 1.29 is 13.9 Å². The SMILES string of the molecule is CNC(C)c1cc(F)ccc1OCC1CCOC1. The number of ether oxygens (including phenoxy) is 2. The van der Waals surface area contributed by atoms with Crippen molar-refractivity contribution >= 4 is 0 Å². The van der Waals surface area contributed by atoms with E-state index >= 15 is 0 Å². The molecule has 0 aliphatic carbocycles. The molecule has 0 saturated carbocycles. The molecule has 0 radical (unpaired) electrons. The largest absolute Gasteiger partial charge is 0.493 e. The van der Waals surface area contributed by atoms with Gasteiger partial charge in [-0.15, -0.1) is 0 Å². The summed E-state index contributed by atoms with van der Waals surface area (Å²) in [5.41, 5.74) is 0.858. The van der Waals surface area contributed by atoms with Crippen LogP contribution in [0.3, 0.4) is 0 Å². The van der Waals surface area contributed by atoms with Gasteiger partial charge in [-0.05, 0) is 38.6 Å². The second-order valence-corrected chi connectivity index (χ2v) is 4.73. The van der Waals surface area contributed by atoms with Gasteiger partial charge in [0.25, 0.3) is 0 Å². The highest BCUT2D eigenvalue weighted by Crippen LogP contribution is 2.27. The van der Waals surface area contributed by atoms with Crippen molar-refractivity contribution in [3.63, 3.8) is 0 Å². The summed E-state index contributed by atoms with van der Waals surface area (Å²) in [4.78, 5) is 0. The van der Waals surface area contributed by atoms with E-state index in [1.54, 1.807) is 6.07 Å². The van der Waals surface area contributed by atoms with Gasteiger partial charge in [-0.3, -0.25) is 0 Å². The monoisotopic (exact) mass is 253 g/mol. The van der Waals surface area contributed by atoms with E-state index in [9.17, 15) is 4.39 Å². The van der Waals surface area contributed by atoms with Crippen LogP contribution in [-0.4, -0.2) is 26.9 Å². The smallest absolute Gasteiger partial charge is 0.124 e. The first-order valence-electron chi connectivity index (χ1n) is 6.38. The Hall–Kier alpha value is -1.13. The Morgan fingerprint density at radius 3 is 3.06 bits per heavy atom. The number of nitrogens with one attached hydrogen (secondary N) is 1. The standard InChI is InChI=1S/C14H20FNO2/c1-10(16-2)13-7-12(15)3-4-14(13)18-9-11-5-6-17-8-11/h3-4,7,10-11,16H,5-6,8-9H2,1-2H3. The lowest BCUT2D eigenvalue weighted by Gasteiger charge is -2.18. The molecule has 0 bridgehead atoms. The number of hydrogen-bond donors (Lipinski definition) is 1. The van der Waals surface area contributed by atoms with Gasteiger partial charge in [-0.1, -0.05) is 0 Å². The minimum atomic E-state index is -0.233. The van der Waals surface area contributed by atoms with Crippen molar-refractivity contribution in [3.05, 3.63) is 29.6 Å². The van der Waals surface area contributed by atoms with E-state index in [0.29, 0.717) is 12.5 Å². The fourth-order valence-electron chi connectivity index (χ4n) is 2.07. The Balaban J connectivity index is 2.05. The lowest BCUT2D eigenvalue weighted by Crippen LogP contribution is -2.16. The van der Waals surface area contributed by atoms with Gasteiger partial charge in [0, 0.05) is 24.1 Å². The van der Waals surface area contributed by atoms with Crippen LogP contribution in [0.4, 0.5) is 4.39 Å². The van der Waals surface area contributed by atoms with Gasteiger partial charge in [0.05, 0.1) is 13.2 Å². The van der Waals surface area contributed by atoms with E-state index in [-0.39, 0.29) is 11.9 Å². The fraction of sp³-hybridized carbons (Fsp3) is 0.571. The Bertz CT molecular complexity index is 391. The third-order valence-corrected chi connectivity index (χ3v) is 3.37. The summed E-state index contributed by atoms with van der Waals surface area (Å²) in [6.45, 7) is 4.20. The molecule has 1 aromatic rings. The molecule has 1 heterocycles. The van der Waals surface area contributed by atoms with Crippen LogP contribution in [-0.2, 0) is 4.74 Å². The van der Waals surface area contributed by atoms with E-state index in [0.717, 1.165) is 30.9 Å². The van der Waals surface area contributed by atoms with Crippen LogP contribution in [0, 0.1) is 11.7 Å². The van der Waals surface area contributed by atoms with E-state index in [4.69, 9.17) is 9.47 Å². The van der Waals surface area contributed by atoms with Crippen LogP contribution in [0.1, 0.15) is 24.9 Å². The van der Waals surface area contributed by atoms with Gasteiger partial charge in [-0.25, -0.2) is 4.39 Å². The third-order valence-electron chi connectivity index (χ3n) is 3.37. The van der Waals surface area contributed by atoms with E-state index in [1.165, 1.54) is 12.1 Å². The first-order valence-corrected chi connectivity index (χ1v) is 6.38. The Labute approximate surface area is 107 Å². The predicted molar refractivity (Wildman–Crippen MR) is 68.3 cm³/mol. The zero-order chi connectivity index (χ0) is 13.0. The molecule has 1 aromatic carbocycles. The molecule has 1 N–H and O–H groups in total. The summed E-state index contributed by atoms with van der Waals surface area (Å²) in [5, 5.41) is 3.11. The molecule has 1 fully saturated rings. The lowest BCUT2D eigenvalue weighted by atomic mass is 10.1.